The van der Waals surface area contributed by atoms with Crippen LogP contribution in [0.3, 0.4) is 0 Å². The van der Waals surface area contributed by atoms with Gasteiger partial charge in [-0.3, -0.25) is 0 Å². The molecule has 1 atom stereocenters. The first-order valence-electron chi connectivity index (χ1n) is 4.69. The molecule has 0 amide bonds. The summed E-state index contributed by atoms with van der Waals surface area (Å²) in [7, 11) is 0. The molecule has 1 aromatic carbocycles. The Labute approximate surface area is 118 Å². The minimum atomic E-state index is -1.44. The summed E-state index contributed by atoms with van der Waals surface area (Å²) in [4.78, 5) is 1.94. The molecule has 88 valence electrons. The molecule has 1 aromatic rings. The van der Waals surface area contributed by atoms with Crippen molar-refractivity contribution in [3.05, 3.63) is 28.7 Å². The first-order chi connectivity index (χ1) is 7.48. The van der Waals surface area contributed by atoms with Crippen LogP contribution in [0.5, 0.6) is 0 Å². The van der Waals surface area contributed by atoms with Gasteiger partial charge >= 0.3 is 0 Å². The number of halogens is 4. The number of anilines is 1. The number of ether oxygens (including phenoxy) is 1. The van der Waals surface area contributed by atoms with E-state index in [-0.39, 0.29) is 0 Å². The first kappa shape index (κ1) is 12.8. The molecule has 1 unspecified atom stereocenters. The van der Waals surface area contributed by atoms with Gasteiger partial charge < -0.3 is 9.64 Å². The van der Waals surface area contributed by atoms with Gasteiger partial charge in [0.15, 0.2) is 6.23 Å². The highest BCUT2D eigenvalue weighted by atomic mass is 79.9. The molecule has 1 fully saturated rings. The Hall–Kier alpha value is 0.330. The van der Waals surface area contributed by atoms with E-state index < -0.39 is 10.0 Å². The molecule has 0 spiro atoms. The molecule has 16 heavy (non-hydrogen) atoms. The van der Waals surface area contributed by atoms with Gasteiger partial charge in [-0.25, -0.2) is 0 Å². The van der Waals surface area contributed by atoms with E-state index in [0.717, 1.165) is 16.7 Å². The van der Waals surface area contributed by atoms with Crippen LogP contribution in [0.2, 0.25) is 0 Å². The zero-order valence-corrected chi connectivity index (χ0v) is 12.0. The van der Waals surface area contributed by atoms with Crippen molar-refractivity contribution in [2.75, 3.05) is 18.1 Å². The van der Waals surface area contributed by atoms with Crippen molar-refractivity contribution in [1.29, 1.82) is 0 Å². The summed E-state index contributed by atoms with van der Waals surface area (Å²) in [5, 5.41) is 0. The van der Waals surface area contributed by atoms with Crippen LogP contribution in [0, 0.1) is 0 Å². The van der Waals surface area contributed by atoms with Gasteiger partial charge in [0.2, 0.25) is 3.79 Å². The molecule has 1 aliphatic heterocycles. The minimum Gasteiger partial charge on any atom is -0.352 e. The van der Waals surface area contributed by atoms with Crippen LogP contribution in [0.1, 0.15) is 0 Å². The maximum atomic E-state index is 5.87. The summed E-state index contributed by atoms with van der Waals surface area (Å²) in [5.74, 6) is 0. The largest absolute Gasteiger partial charge is 0.352 e. The Morgan fingerprint density at radius 1 is 1.25 bits per heavy atom. The van der Waals surface area contributed by atoms with Crippen molar-refractivity contribution in [1.82, 2.24) is 0 Å². The highest BCUT2D eigenvalue weighted by Crippen LogP contribution is 2.38. The summed E-state index contributed by atoms with van der Waals surface area (Å²) in [6, 6.07) is 7.82. The van der Waals surface area contributed by atoms with E-state index in [9.17, 15) is 0 Å². The van der Waals surface area contributed by atoms with Crippen LogP contribution in [-0.2, 0) is 4.74 Å². The van der Waals surface area contributed by atoms with E-state index in [2.05, 4.69) is 15.9 Å². The molecule has 0 aliphatic carbocycles. The van der Waals surface area contributed by atoms with E-state index in [0.29, 0.717) is 6.61 Å². The van der Waals surface area contributed by atoms with Crippen LogP contribution in [0.25, 0.3) is 0 Å². The summed E-state index contributed by atoms with van der Waals surface area (Å²) < 4.78 is 5.01. The lowest BCUT2D eigenvalue weighted by molar-refractivity contribution is 0.116. The maximum Gasteiger partial charge on any atom is 0.234 e. The maximum absolute atomic E-state index is 5.87. The van der Waals surface area contributed by atoms with E-state index in [1.807, 2.05) is 29.2 Å². The second-order valence-electron chi connectivity index (χ2n) is 3.43. The van der Waals surface area contributed by atoms with Crippen LogP contribution < -0.4 is 4.90 Å². The standard InChI is InChI=1S/C10H9BrCl3NO/c11-7-1-3-8(4-2-7)15-5-6-16-9(15)10(12,13)14/h1-4,9H,5-6H2. The third-order valence-electron chi connectivity index (χ3n) is 2.33. The summed E-state index contributed by atoms with van der Waals surface area (Å²) in [5.41, 5.74) is 0.983. The highest BCUT2D eigenvalue weighted by Gasteiger charge is 2.41. The highest BCUT2D eigenvalue weighted by molar-refractivity contribution is 9.10. The van der Waals surface area contributed by atoms with Gasteiger partial charge in [0.25, 0.3) is 0 Å². The van der Waals surface area contributed by atoms with Crippen molar-refractivity contribution in [2.24, 2.45) is 0 Å². The zero-order valence-electron chi connectivity index (χ0n) is 8.17. The van der Waals surface area contributed by atoms with Gasteiger partial charge in [-0.1, -0.05) is 50.7 Å². The Balaban J connectivity index is 2.23. The van der Waals surface area contributed by atoms with E-state index in [1.165, 1.54) is 0 Å². The predicted molar refractivity (Wildman–Crippen MR) is 71.5 cm³/mol. The molecule has 0 aromatic heterocycles. The number of alkyl halides is 3. The van der Waals surface area contributed by atoms with E-state index in [1.54, 1.807) is 0 Å². The molecule has 0 N–H and O–H groups in total. The molecule has 0 saturated carbocycles. The fourth-order valence-corrected chi connectivity index (χ4v) is 2.44. The van der Waals surface area contributed by atoms with Gasteiger partial charge in [-0.05, 0) is 24.3 Å². The lowest BCUT2D eigenvalue weighted by atomic mass is 10.3. The summed E-state index contributed by atoms with van der Waals surface area (Å²) >= 11 is 21.0. The molecule has 2 nitrogen and oxygen atoms in total. The number of rotatable bonds is 1. The second-order valence-corrected chi connectivity index (χ2v) is 6.72. The number of hydrogen-bond donors (Lipinski definition) is 0. The minimum absolute atomic E-state index is 0.529. The molecule has 2 rings (SSSR count). The Morgan fingerprint density at radius 3 is 2.44 bits per heavy atom. The molecule has 0 bridgehead atoms. The zero-order chi connectivity index (χ0) is 11.8. The Bertz CT molecular complexity index is 365. The van der Waals surface area contributed by atoms with Gasteiger partial charge in [0, 0.05) is 16.7 Å². The number of hydrogen-bond acceptors (Lipinski definition) is 2. The van der Waals surface area contributed by atoms with Gasteiger partial charge in [-0.2, -0.15) is 0 Å². The van der Waals surface area contributed by atoms with Crippen LogP contribution in [0.15, 0.2) is 28.7 Å². The van der Waals surface area contributed by atoms with Crippen LogP contribution in [-0.4, -0.2) is 23.2 Å². The Morgan fingerprint density at radius 2 is 1.88 bits per heavy atom. The van der Waals surface area contributed by atoms with Crippen LogP contribution >= 0.6 is 50.7 Å². The third-order valence-corrected chi connectivity index (χ3v) is 3.42. The average Bonchev–Trinajstić information content (AvgIpc) is 2.66. The SMILES string of the molecule is ClC(Cl)(Cl)C1OCCN1c1ccc(Br)cc1. The Kier molecular flexibility index (Phi) is 3.92. The third kappa shape index (κ3) is 2.77. The van der Waals surface area contributed by atoms with Crippen molar-refractivity contribution in [3.8, 4) is 0 Å². The molecule has 1 heterocycles. The molecule has 6 heteroatoms. The molecular weight excluding hydrogens is 336 g/mol. The number of benzene rings is 1. The second kappa shape index (κ2) is 4.91. The summed E-state index contributed by atoms with van der Waals surface area (Å²) in [6.45, 7) is 1.29. The van der Waals surface area contributed by atoms with Crippen LogP contribution in [0.4, 0.5) is 5.69 Å². The van der Waals surface area contributed by atoms with E-state index >= 15 is 0 Å². The fourth-order valence-electron chi connectivity index (χ4n) is 1.64. The molecular formula is C10H9BrCl3NO. The van der Waals surface area contributed by atoms with Gasteiger partial charge in [0.1, 0.15) is 0 Å². The number of nitrogens with zero attached hydrogens (tertiary/aromatic N) is 1. The van der Waals surface area contributed by atoms with Crippen molar-refractivity contribution in [2.45, 2.75) is 10.0 Å². The monoisotopic (exact) mass is 343 g/mol. The van der Waals surface area contributed by atoms with Gasteiger partial charge in [-0.15, -0.1) is 0 Å². The quantitative estimate of drug-likeness (QED) is 0.714. The lowest BCUT2D eigenvalue weighted by Gasteiger charge is -2.29. The van der Waals surface area contributed by atoms with Crippen molar-refractivity contribution in [3.63, 3.8) is 0 Å². The normalized spacial score (nSPS) is 21.5. The molecule has 1 saturated heterocycles. The lowest BCUT2D eigenvalue weighted by Crippen LogP contribution is -2.40. The predicted octanol–water partition coefficient (Wildman–Crippen LogP) is 3.98. The first-order valence-corrected chi connectivity index (χ1v) is 6.62. The molecule has 1 aliphatic rings. The van der Waals surface area contributed by atoms with Crippen molar-refractivity contribution < 1.29 is 4.74 Å². The smallest absolute Gasteiger partial charge is 0.234 e. The average molecular weight is 345 g/mol. The molecule has 0 radical (unpaired) electrons. The van der Waals surface area contributed by atoms with Crippen molar-refractivity contribution >= 4 is 56.4 Å². The fraction of sp³-hybridized carbons (Fsp3) is 0.400. The van der Waals surface area contributed by atoms with Gasteiger partial charge in [0.05, 0.1) is 6.61 Å². The topological polar surface area (TPSA) is 12.5 Å². The van der Waals surface area contributed by atoms with E-state index in [4.69, 9.17) is 39.5 Å². The summed E-state index contributed by atoms with van der Waals surface area (Å²) in [6.07, 6.45) is -0.529.